The molecule has 1 aromatic rings. The Bertz CT molecular complexity index is 349. The van der Waals surface area contributed by atoms with Crippen molar-refractivity contribution in [2.75, 3.05) is 0 Å². The van der Waals surface area contributed by atoms with E-state index in [1.807, 2.05) is 0 Å². The fraction of sp³-hybridized carbons (Fsp3) is 0.273. The molecular formula is C11H12ClFO. The Kier molecular flexibility index (Phi) is 3.67. The molecule has 1 aromatic carbocycles. The van der Waals surface area contributed by atoms with E-state index < -0.39 is 6.10 Å². The van der Waals surface area contributed by atoms with Crippen LogP contribution in [-0.2, 0) is 6.42 Å². The summed E-state index contributed by atoms with van der Waals surface area (Å²) in [4.78, 5) is 0. The molecule has 0 aliphatic carbocycles. The fourth-order valence-electron chi connectivity index (χ4n) is 1.07. The molecule has 0 saturated heterocycles. The Morgan fingerprint density at radius 1 is 1.64 bits per heavy atom. The van der Waals surface area contributed by atoms with Crippen LogP contribution in [0.3, 0.4) is 0 Å². The molecule has 0 saturated carbocycles. The highest BCUT2D eigenvalue weighted by atomic mass is 35.5. The third kappa shape index (κ3) is 2.82. The molecule has 0 bridgehead atoms. The lowest BCUT2D eigenvalue weighted by molar-refractivity contribution is 0.212. The van der Waals surface area contributed by atoms with Crippen molar-refractivity contribution in [1.82, 2.24) is 0 Å². The maximum Gasteiger partial charge on any atom is 0.124 e. The molecule has 1 nitrogen and oxygen atoms in total. The van der Waals surface area contributed by atoms with E-state index in [0.717, 1.165) is 5.56 Å². The highest BCUT2D eigenvalue weighted by Crippen LogP contribution is 2.20. The molecule has 14 heavy (non-hydrogen) atoms. The monoisotopic (exact) mass is 214 g/mol. The van der Waals surface area contributed by atoms with E-state index in [1.165, 1.54) is 12.1 Å². The molecule has 1 atom stereocenters. The lowest BCUT2D eigenvalue weighted by Crippen LogP contribution is -2.11. The summed E-state index contributed by atoms with van der Waals surface area (Å²) in [6, 6.07) is 4.14. The Morgan fingerprint density at radius 2 is 2.29 bits per heavy atom. The lowest BCUT2D eigenvalue weighted by Gasteiger charge is -2.11. The zero-order valence-corrected chi connectivity index (χ0v) is 8.68. The first kappa shape index (κ1) is 11.2. The van der Waals surface area contributed by atoms with Crippen molar-refractivity contribution in [3.05, 3.63) is 46.8 Å². The summed E-state index contributed by atoms with van der Waals surface area (Å²) >= 11 is 5.80. The maximum absolute atomic E-state index is 12.7. The van der Waals surface area contributed by atoms with Crippen molar-refractivity contribution in [3.8, 4) is 0 Å². The highest BCUT2D eigenvalue weighted by Gasteiger charge is 2.09. The van der Waals surface area contributed by atoms with E-state index in [4.69, 9.17) is 11.6 Å². The summed E-state index contributed by atoms with van der Waals surface area (Å²) in [5, 5.41) is 9.86. The quantitative estimate of drug-likeness (QED) is 0.767. The van der Waals surface area contributed by atoms with Crippen LogP contribution >= 0.6 is 11.6 Å². The topological polar surface area (TPSA) is 20.2 Å². The standard InChI is InChI=1S/C11H12ClFO/c1-7(2)11(14)5-8-3-4-9(13)6-10(8)12/h3-4,6,11,14H,1,5H2,2H3. The van der Waals surface area contributed by atoms with E-state index in [9.17, 15) is 9.50 Å². The van der Waals surface area contributed by atoms with Gasteiger partial charge in [-0.3, -0.25) is 0 Å². The Morgan fingerprint density at radius 3 is 2.79 bits per heavy atom. The second-order valence-corrected chi connectivity index (χ2v) is 3.71. The average molecular weight is 215 g/mol. The van der Waals surface area contributed by atoms with Gasteiger partial charge >= 0.3 is 0 Å². The Balaban J connectivity index is 2.82. The molecule has 1 N–H and O–H groups in total. The van der Waals surface area contributed by atoms with Gasteiger partial charge in [0.05, 0.1) is 6.10 Å². The molecular weight excluding hydrogens is 203 g/mol. The summed E-state index contributed by atoms with van der Waals surface area (Å²) in [5.41, 5.74) is 1.40. The van der Waals surface area contributed by atoms with E-state index in [-0.39, 0.29) is 5.82 Å². The minimum atomic E-state index is -0.627. The second kappa shape index (κ2) is 4.58. The van der Waals surface area contributed by atoms with Crippen LogP contribution in [0.25, 0.3) is 0 Å². The van der Waals surface area contributed by atoms with Gasteiger partial charge in [-0.2, -0.15) is 0 Å². The number of hydrogen-bond donors (Lipinski definition) is 1. The predicted molar refractivity (Wildman–Crippen MR) is 55.9 cm³/mol. The molecule has 0 spiro atoms. The summed E-state index contributed by atoms with van der Waals surface area (Å²) in [6.07, 6.45) is -0.257. The highest BCUT2D eigenvalue weighted by molar-refractivity contribution is 6.31. The predicted octanol–water partition coefficient (Wildman–Crippen LogP) is 2.96. The van der Waals surface area contributed by atoms with Crippen molar-refractivity contribution < 1.29 is 9.50 Å². The second-order valence-electron chi connectivity index (χ2n) is 3.30. The van der Waals surface area contributed by atoms with Gasteiger partial charge in [0.25, 0.3) is 0 Å². The third-order valence-corrected chi connectivity index (χ3v) is 2.35. The minimum absolute atomic E-state index is 0.338. The molecule has 0 radical (unpaired) electrons. The first-order valence-electron chi connectivity index (χ1n) is 4.28. The SMILES string of the molecule is C=C(C)C(O)Cc1ccc(F)cc1Cl. The smallest absolute Gasteiger partial charge is 0.124 e. The van der Waals surface area contributed by atoms with Crippen molar-refractivity contribution in [2.24, 2.45) is 0 Å². The number of halogens is 2. The van der Waals surface area contributed by atoms with Crippen LogP contribution in [0.15, 0.2) is 30.4 Å². The zero-order chi connectivity index (χ0) is 10.7. The van der Waals surface area contributed by atoms with Gasteiger partial charge < -0.3 is 5.11 Å². The summed E-state index contributed by atoms with van der Waals surface area (Å²) in [6.45, 7) is 5.37. The van der Waals surface area contributed by atoms with Crippen molar-refractivity contribution >= 4 is 11.6 Å². The van der Waals surface area contributed by atoms with E-state index in [0.29, 0.717) is 17.0 Å². The van der Waals surface area contributed by atoms with Gasteiger partial charge in [0, 0.05) is 11.4 Å². The van der Waals surface area contributed by atoms with E-state index in [1.54, 1.807) is 13.0 Å². The molecule has 0 aliphatic rings. The molecule has 0 aromatic heterocycles. The first-order valence-corrected chi connectivity index (χ1v) is 4.66. The van der Waals surface area contributed by atoms with Crippen LogP contribution in [0.5, 0.6) is 0 Å². The van der Waals surface area contributed by atoms with Crippen molar-refractivity contribution in [2.45, 2.75) is 19.4 Å². The molecule has 1 rings (SSSR count). The van der Waals surface area contributed by atoms with Crippen LogP contribution in [0.4, 0.5) is 4.39 Å². The van der Waals surface area contributed by atoms with Crippen molar-refractivity contribution in [3.63, 3.8) is 0 Å². The van der Waals surface area contributed by atoms with Gasteiger partial charge in [-0.1, -0.05) is 29.8 Å². The van der Waals surface area contributed by atoms with Gasteiger partial charge in [0.15, 0.2) is 0 Å². The Labute approximate surface area is 87.8 Å². The number of rotatable bonds is 3. The molecule has 0 aliphatic heterocycles. The van der Waals surface area contributed by atoms with Crippen LogP contribution in [0, 0.1) is 5.82 Å². The molecule has 0 heterocycles. The number of benzene rings is 1. The summed E-state index contributed by atoms with van der Waals surface area (Å²) < 4.78 is 12.7. The number of aliphatic hydroxyl groups excluding tert-OH is 1. The third-order valence-electron chi connectivity index (χ3n) is 2.00. The van der Waals surface area contributed by atoms with Gasteiger partial charge in [0.2, 0.25) is 0 Å². The van der Waals surface area contributed by atoms with Crippen molar-refractivity contribution in [1.29, 1.82) is 0 Å². The normalized spacial score (nSPS) is 12.6. The Hall–Kier alpha value is -0.860. The average Bonchev–Trinajstić information content (AvgIpc) is 2.09. The van der Waals surface area contributed by atoms with Gasteiger partial charge in [0.1, 0.15) is 5.82 Å². The minimum Gasteiger partial charge on any atom is -0.388 e. The van der Waals surface area contributed by atoms with E-state index in [2.05, 4.69) is 6.58 Å². The maximum atomic E-state index is 12.7. The first-order chi connectivity index (χ1) is 6.50. The van der Waals surface area contributed by atoms with Crippen LogP contribution in [-0.4, -0.2) is 11.2 Å². The van der Waals surface area contributed by atoms with Gasteiger partial charge in [-0.15, -0.1) is 0 Å². The molecule has 76 valence electrons. The molecule has 0 amide bonds. The summed E-state index contributed by atoms with van der Waals surface area (Å²) in [5.74, 6) is -0.372. The summed E-state index contributed by atoms with van der Waals surface area (Å²) in [7, 11) is 0. The van der Waals surface area contributed by atoms with E-state index >= 15 is 0 Å². The van der Waals surface area contributed by atoms with Gasteiger partial charge in [-0.05, 0) is 24.6 Å². The lowest BCUT2D eigenvalue weighted by atomic mass is 10.0. The molecule has 1 unspecified atom stereocenters. The van der Waals surface area contributed by atoms with Crippen LogP contribution in [0.2, 0.25) is 5.02 Å². The fourth-order valence-corrected chi connectivity index (χ4v) is 1.31. The molecule has 3 heteroatoms. The van der Waals surface area contributed by atoms with Crippen LogP contribution < -0.4 is 0 Å². The van der Waals surface area contributed by atoms with Gasteiger partial charge in [-0.25, -0.2) is 4.39 Å². The largest absolute Gasteiger partial charge is 0.388 e. The van der Waals surface area contributed by atoms with Crippen LogP contribution in [0.1, 0.15) is 12.5 Å². The number of hydrogen-bond acceptors (Lipinski definition) is 1. The number of aliphatic hydroxyl groups is 1. The zero-order valence-electron chi connectivity index (χ0n) is 7.93. The molecule has 0 fully saturated rings.